The van der Waals surface area contributed by atoms with E-state index in [1.807, 2.05) is 0 Å². The molecule has 0 bridgehead atoms. The highest BCUT2D eigenvalue weighted by atomic mass is 35.5. The Morgan fingerprint density at radius 2 is 1.47 bits per heavy atom. The molecule has 1 spiro atoms. The molecule has 0 saturated carbocycles. The van der Waals surface area contributed by atoms with Crippen molar-refractivity contribution < 1.29 is 28.7 Å². The SMILES string of the molecule is CCOc1ccccc1N1C(=O)[C@H]2[C@@H](c3ccc(Cl)cc3)OC3(C(=O)c4ccccc4C3=O)[C@H]2C1=O. The van der Waals surface area contributed by atoms with Gasteiger partial charge in [0.25, 0.3) is 0 Å². The highest BCUT2D eigenvalue weighted by Crippen LogP contribution is 2.58. The zero-order valence-corrected chi connectivity index (χ0v) is 19.9. The molecule has 8 heteroatoms. The van der Waals surface area contributed by atoms with Gasteiger partial charge in [0, 0.05) is 16.1 Å². The number of ketones is 2. The van der Waals surface area contributed by atoms with Gasteiger partial charge in [-0.15, -0.1) is 0 Å². The molecule has 3 aromatic rings. The van der Waals surface area contributed by atoms with Crippen LogP contribution in [0.15, 0.2) is 72.8 Å². The third-order valence-corrected chi connectivity index (χ3v) is 7.38. The lowest BCUT2D eigenvalue weighted by Crippen LogP contribution is -2.51. The van der Waals surface area contributed by atoms with Gasteiger partial charge in [0.1, 0.15) is 5.75 Å². The molecule has 36 heavy (non-hydrogen) atoms. The summed E-state index contributed by atoms with van der Waals surface area (Å²) in [7, 11) is 0. The lowest BCUT2D eigenvalue weighted by Gasteiger charge is -2.27. The number of hydrogen-bond acceptors (Lipinski definition) is 6. The van der Waals surface area contributed by atoms with E-state index in [1.165, 1.54) is 0 Å². The first kappa shape index (κ1) is 22.6. The van der Waals surface area contributed by atoms with E-state index < -0.39 is 46.9 Å². The lowest BCUT2D eigenvalue weighted by molar-refractivity contribution is -0.127. The van der Waals surface area contributed by atoms with Crippen molar-refractivity contribution in [3.05, 3.63) is 94.5 Å². The van der Waals surface area contributed by atoms with Gasteiger partial charge < -0.3 is 9.47 Å². The molecular formula is C28H20ClNO6. The van der Waals surface area contributed by atoms with Gasteiger partial charge in [-0.2, -0.15) is 0 Å². The number of amides is 2. The Morgan fingerprint density at radius 1 is 0.861 bits per heavy atom. The first-order valence-electron chi connectivity index (χ1n) is 11.6. The molecule has 2 aliphatic heterocycles. The van der Waals surface area contributed by atoms with Gasteiger partial charge in [0.2, 0.25) is 29.0 Å². The minimum atomic E-state index is -2.12. The number of imide groups is 1. The fourth-order valence-electron chi connectivity index (χ4n) is 5.63. The Hall–Kier alpha value is -3.81. The van der Waals surface area contributed by atoms with Gasteiger partial charge >= 0.3 is 0 Å². The maximum Gasteiger partial charge on any atom is 0.241 e. The van der Waals surface area contributed by atoms with E-state index in [1.54, 1.807) is 79.7 Å². The number of fused-ring (bicyclic) bond motifs is 3. The van der Waals surface area contributed by atoms with E-state index in [0.29, 0.717) is 22.9 Å². The Balaban J connectivity index is 1.54. The highest BCUT2D eigenvalue weighted by Gasteiger charge is 2.74. The molecule has 2 amide bonds. The largest absolute Gasteiger partial charge is 0.492 e. The maximum absolute atomic E-state index is 14.0. The monoisotopic (exact) mass is 501 g/mol. The molecule has 3 aliphatic rings. The van der Waals surface area contributed by atoms with Crippen LogP contribution in [-0.2, 0) is 14.3 Å². The number of anilines is 1. The molecule has 0 unspecified atom stereocenters. The number of carbonyl (C=O) groups is 4. The third-order valence-electron chi connectivity index (χ3n) is 7.12. The summed E-state index contributed by atoms with van der Waals surface area (Å²) < 4.78 is 11.9. The molecule has 2 saturated heterocycles. The summed E-state index contributed by atoms with van der Waals surface area (Å²) in [4.78, 5) is 56.6. The van der Waals surface area contributed by atoms with Crippen molar-refractivity contribution >= 4 is 40.7 Å². The van der Waals surface area contributed by atoms with Crippen molar-refractivity contribution in [3.63, 3.8) is 0 Å². The number of hydrogen-bond donors (Lipinski definition) is 0. The summed E-state index contributed by atoms with van der Waals surface area (Å²) in [5.74, 6) is -4.48. The van der Waals surface area contributed by atoms with Gasteiger partial charge in [-0.05, 0) is 36.8 Å². The summed E-state index contributed by atoms with van der Waals surface area (Å²) >= 11 is 6.07. The molecule has 1 aliphatic carbocycles. The second kappa shape index (κ2) is 8.11. The van der Waals surface area contributed by atoms with Crippen molar-refractivity contribution in [3.8, 4) is 5.75 Å². The lowest BCUT2D eigenvalue weighted by atomic mass is 9.77. The Labute approximate surface area is 211 Å². The maximum atomic E-state index is 14.0. The van der Waals surface area contributed by atoms with Crippen LogP contribution in [0.2, 0.25) is 5.02 Å². The summed E-state index contributed by atoms with van der Waals surface area (Å²) in [5.41, 5.74) is -0.938. The topological polar surface area (TPSA) is 90.0 Å². The van der Waals surface area contributed by atoms with E-state index in [-0.39, 0.29) is 16.8 Å². The number of rotatable bonds is 4. The average Bonchev–Trinajstić information content (AvgIpc) is 3.45. The minimum Gasteiger partial charge on any atom is -0.492 e. The van der Waals surface area contributed by atoms with Gasteiger partial charge in [-0.3, -0.25) is 19.2 Å². The second-order valence-corrected chi connectivity index (χ2v) is 9.38. The van der Waals surface area contributed by atoms with Gasteiger partial charge in [-0.25, -0.2) is 4.90 Å². The van der Waals surface area contributed by atoms with Gasteiger partial charge in [0.15, 0.2) is 0 Å². The van der Waals surface area contributed by atoms with Crippen LogP contribution in [0.25, 0.3) is 0 Å². The molecular weight excluding hydrogens is 482 g/mol. The van der Waals surface area contributed by atoms with Crippen LogP contribution in [0.1, 0.15) is 39.3 Å². The molecule has 3 aromatic carbocycles. The van der Waals surface area contributed by atoms with Crippen LogP contribution in [0, 0.1) is 11.8 Å². The summed E-state index contributed by atoms with van der Waals surface area (Å²) in [6.45, 7) is 2.12. The first-order valence-corrected chi connectivity index (χ1v) is 12.0. The predicted octanol–water partition coefficient (Wildman–Crippen LogP) is 4.43. The summed E-state index contributed by atoms with van der Waals surface area (Å²) in [6, 6.07) is 19.7. The Kier molecular flexibility index (Phi) is 5.10. The van der Waals surface area contributed by atoms with E-state index in [0.717, 1.165) is 4.90 Å². The standard InChI is InChI=1S/C28H20ClNO6/c1-2-35-20-10-6-5-9-19(20)30-26(33)21-22(27(30)34)28(36-23(21)15-11-13-16(29)14-12-15)24(31)17-7-3-4-8-18(17)25(28)32/h3-14,21-23H,2H2,1H3/t21-,22-,23-/m1/s1. The zero-order chi connectivity index (χ0) is 25.2. The van der Waals surface area contributed by atoms with E-state index in [9.17, 15) is 19.2 Å². The van der Waals surface area contributed by atoms with Crippen LogP contribution < -0.4 is 9.64 Å². The molecule has 6 rings (SSSR count). The van der Waals surface area contributed by atoms with Crippen LogP contribution in [-0.4, -0.2) is 35.6 Å². The smallest absolute Gasteiger partial charge is 0.241 e. The minimum absolute atomic E-state index is 0.187. The van der Waals surface area contributed by atoms with Crippen LogP contribution in [0.3, 0.4) is 0 Å². The molecule has 2 fully saturated rings. The van der Waals surface area contributed by atoms with E-state index in [4.69, 9.17) is 21.1 Å². The normalized spacial score (nSPS) is 23.9. The van der Waals surface area contributed by atoms with Crippen LogP contribution >= 0.6 is 11.6 Å². The molecule has 0 aromatic heterocycles. The molecule has 0 radical (unpaired) electrons. The van der Waals surface area contributed by atoms with Crippen molar-refractivity contribution in [2.24, 2.45) is 11.8 Å². The molecule has 3 atom stereocenters. The quantitative estimate of drug-likeness (QED) is 0.388. The number of halogens is 1. The van der Waals surface area contributed by atoms with Crippen molar-refractivity contribution in [2.75, 3.05) is 11.5 Å². The van der Waals surface area contributed by atoms with Crippen LogP contribution in [0.4, 0.5) is 5.69 Å². The van der Waals surface area contributed by atoms with Crippen molar-refractivity contribution in [2.45, 2.75) is 18.6 Å². The number of ether oxygens (including phenoxy) is 2. The average molecular weight is 502 g/mol. The van der Waals surface area contributed by atoms with Gasteiger partial charge in [0.05, 0.1) is 30.2 Å². The van der Waals surface area contributed by atoms with Gasteiger partial charge in [-0.1, -0.05) is 60.1 Å². The van der Waals surface area contributed by atoms with Crippen molar-refractivity contribution in [1.82, 2.24) is 0 Å². The Morgan fingerprint density at radius 3 is 2.11 bits per heavy atom. The van der Waals surface area contributed by atoms with E-state index in [2.05, 4.69) is 0 Å². The van der Waals surface area contributed by atoms with Crippen LogP contribution in [0.5, 0.6) is 5.75 Å². The Bertz CT molecular complexity index is 1410. The fraction of sp³-hybridized carbons (Fsp3) is 0.214. The second-order valence-electron chi connectivity index (χ2n) is 8.95. The number of carbonyl (C=O) groups excluding carboxylic acids is 4. The summed E-state index contributed by atoms with van der Waals surface area (Å²) in [5, 5.41) is 0.476. The third kappa shape index (κ3) is 2.90. The molecule has 0 N–H and O–H groups in total. The zero-order valence-electron chi connectivity index (χ0n) is 19.1. The summed E-state index contributed by atoms with van der Waals surface area (Å²) in [6.07, 6.45) is -1.00. The van der Waals surface area contributed by atoms with E-state index >= 15 is 0 Å². The molecule has 7 nitrogen and oxygen atoms in total. The number of benzene rings is 3. The molecule has 2 heterocycles. The number of Topliss-reactive ketones (excluding diaryl/α,β-unsaturated/α-hetero) is 2. The molecule has 180 valence electrons. The number of nitrogens with zero attached hydrogens (tertiary/aromatic N) is 1. The fourth-order valence-corrected chi connectivity index (χ4v) is 5.75. The van der Waals surface area contributed by atoms with Crippen molar-refractivity contribution in [1.29, 1.82) is 0 Å². The number of para-hydroxylation sites is 2. The first-order chi connectivity index (χ1) is 17.4. The predicted molar refractivity (Wildman–Crippen MR) is 130 cm³/mol. The highest BCUT2D eigenvalue weighted by molar-refractivity contribution is 6.37.